The van der Waals surface area contributed by atoms with E-state index in [-0.39, 0.29) is 17.9 Å². The van der Waals surface area contributed by atoms with Crippen LogP contribution in [0.25, 0.3) is 0 Å². The van der Waals surface area contributed by atoms with E-state index in [1.165, 1.54) is 11.3 Å². The number of nitrogens with zero attached hydrogens (tertiary/aromatic N) is 2. The minimum absolute atomic E-state index is 0.00901. The van der Waals surface area contributed by atoms with Gasteiger partial charge in [-0.15, -0.1) is 11.3 Å². The van der Waals surface area contributed by atoms with Gasteiger partial charge in [0.2, 0.25) is 5.91 Å². The summed E-state index contributed by atoms with van der Waals surface area (Å²) in [6.45, 7) is 1.27. The quantitative estimate of drug-likeness (QED) is 0.873. The number of benzene rings is 1. The zero-order valence-corrected chi connectivity index (χ0v) is 14.3. The van der Waals surface area contributed by atoms with E-state index in [4.69, 9.17) is 0 Å². The summed E-state index contributed by atoms with van der Waals surface area (Å²) in [6.07, 6.45) is 2.03. The van der Waals surface area contributed by atoms with Crippen molar-refractivity contribution in [3.05, 3.63) is 47.0 Å². The fourth-order valence-electron chi connectivity index (χ4n) is 2.87. The fourth-order valence-corrected chi connectivity index (χ4v) is 3.62. The molecule has 1 aromatic carbocycles. The zero-order valence-electron chi connectivity index (χ0n) is 13.5. The van der Waals surface area contributed by atoms with E-state index in [0.717, 1.165) is 25.1 Å². The number of hydrogen-bond acceptors (Lipinski definition) is 5. The van der Waals surface area contributed by atoms with Crippen molar-refractivity contribution in [1.82, 2.24) is 15.2 Å². The molecular weight excluding hydrogens is 324 g/mol. The van der Waals surface area contributed by atoms with Gasteiger partial charge in [-0.25, -0.2) is 4.98 Å². The predicted octanol–water partition coefficient (Wildman–Crippen LogP) is 2.28. The molecule has 0 bridgehead atoms. The van der Waals surface area contributed by atoms with Crippen molar-refractivity contribution in [3.8, 4) is 0 Å². The Morgan fingerprint density at radius 3 is 2.88 bits per heavy atom. The fraction of sp³-hybridized carbons (Fsp3) is 0.353. The van der Waals surface area contributed by atoms with Crippen LogP contribution in [0.5, 0.6) is 0 Å². The average Bonchev–Trinajstić information content (AvgIpc) is 3.24. The van der Waals surface area contributed by atoms with Gasteiger partial charge in [0.05, 0.1) is 18.3 Å². The van der Waals surface area contributed by atoms with Gasteiger partial charge in [-0.2, -0.15) is 0 Å². The second-order valence-corrected chi connectivity index (χ2v) is 6.56. The molecule has 1 saturated heterocycles. The third-order valence-electron chi connectivity index (χ3n) is 4.11. The molecule has 2 aromatic rings. The van der Waals surface area contributed by atoms with Gasteiger partial charge >= 0.3 is 0 Å². The third-order valence-corrected chi connectivity index (χ3v) is 4.88. The highest BCUT2D eigenvalue weighted by atomic mass is 32.1. The highest BCUT2D eigenvalue weighted by Gasteiger charge is 2.29. The van der Waals surface area contributed by atoms with Crippen molar-refractivity contribution in [1.29, 1.82) is 0 Å². The summed E-state index contributed by atoms with van der Waals surface area (Å²) < 4.78 is 0. The van der Waals surface area contributed by atoms with E-state index in [1.807, 2.05) is 23.6 Å². The Bertz CT molecular complexity index is 716. The lowest BCUT2D eigenvalue weighted by Crippen LogP contribution is -2.35. The maximum absolute atomic E-state index is 12.2. The van der Waals surface area contributed by atoms with Crippen molar-refractivity contribution in [2.75, 3.05) is 25.5 Å². The van der Waals surface area contributed by atoms with Gasteiger partial charge < -0.3 is 5.32 Å². The maximum atomic E-state index is 12.2. The number of carbonyl (C=O) groups is 2. The second kappa shape index (κ2) is 7.55. The molecule has 0 unspecified atom stereocenters. The lowest BCUT2D eigenvalue weighted by molar-refractivity contribution is -0.122. The van der Waals surface area contributed by atoms with Gasteiger partial charge in [0, 0.05) is 18.0 Å². The van der Waals surface area contributed by atoms with Gasteiger partial charge in [0.15, 0.2) is 5.13 Å². The van der Waals surface area contributed by atoms with Crippen LogP contribution in [0.2, 0.25) is 0 Å². The van der Waals surface area contributed by atoms with E-state index in [2.05, 4.69) is 20.5 Å². The van der Waals surface area contributed by atoms with Crippen LogP contribution in [0.4, 0.5) is 5.13 Å². The van der Waals surface area contributed by atoms with Crippen LogP contribution >= 0.6 is 11.3 Å². The standard InChI is InChI=1S/C17H20N4O2S/c1-18-15(22)10-21-9-5-8-14(21)13-11-24-17(19-13)20-16(23)12-6-3-2-4-7-12/h2-4,6-7,11,14H,5,8-10H2,1H3,(H,18,22)(H,19,20,23)/t14-/m0/s1. The van der Waals surface area contributed by atoms with Crippen LogP contribution in [0.1, 0.15) is 34.9 Å². The van der Waals surface area contributed by atoms with Gasteiger partial charge in [-0.3, -0.25) is 19.8 Å². The number of carbonyl (C=O) groups excluding carboxylic acids is 2. The molecule has 0 saturated carbocycles. The van der Waals surface area contributed by atoms with Gasteiger partial charge in [-0.05, 0) is 31.5 Å². The van der Waals surface area contributed by atoms with Crippen LogP contribution in [0, 0.1) is 0 Å². The van der Waals surface area contributed by atoms with Crippen LogP contribution in [-0.4, -0.2) is 41.8 Å². The molecule has 1 aromatic heterocycles. The number of rotatable bonds is 5. The Kier molecular flexibility index (Phi) is 5.22. The molecule has 1 fully saturated rings. The number of likely N-dealkylation sites (N-methyl/N-ethyl adjacent to an activating group) is 1. The van der Waals surface area contributed by atoms with E-state index in [0.29, 0.717) is 17.2 Å². The Labute approximate surface area is 144 Å². The normalized spacial score (nSPS) is 17.6. The maximum Gasteiger partial charge on any atom is 0.257 e. The van der Waals surface area contributed by atoms with Crippen LogP contribution in [-0.2, 0) is 4.79 Å². The monoisotopic (exact) mass is 344 g/mol. The van der Waals surface area contributed by atoms with Gasteiger partial charge in [-0.1, -0.05) is 18.2 Å². The minimum atomic E-state index is -0.162. The number of aromatic nitrogens is 1. The first-order chi connectivity index (χ1) is 11.7. The zero-order chi connectivity index (χ0) is 16.9. The molecule has 0 radical (unpaired) electrons. The van der Waals surface area contributed by atoms with Crippen molar-refractivity contribution in [2.45, 2.75) is 18.9 Å². The molecule has 0 aliphatic carbocycles. The first kappa shape index (κ1) is 16.6. The van der Waals surface area contributed by atoms with Crippen molar-refractivity contribution in [2.24, 2.45) is 0 Å². The smallest absolute Gasteiger partial charge is 0.257 e. The van der Waals surface area contributed by atoms with Crippen molar-refractivity contribution < 1.29 is 9.59 Å². The van der Waals surface area contributed by atoms with E-state index < -0.39 is 0 Å². The number of amides is 2. The summed E-state index contributed by atoms with van der Waals surface area (Å²) in [7, 11) is 1.65. The first-order valence-corrected chi connectivity index (χ1v) is 8.82. The summed E-state index contributed by atoms with van der Waals surface area (Å²) in [5, 5.41) is 8.05. The average molecular weight is 344 g/mol. The van der Waals surface area contributed by atoms with Crippen molar-refractivity contribution in [3.63, 3.8) is 0 Å². The molecule has 1 aliphatic rings. The Hall–Kier alpha value is -2.25. The third kappa shape index (κ3) is 3.80. The summed E-state index contributed by atoms with van der Waals surface area (Å²) in [6, 6.07) is 9.22. The highest BCUT2D eigenvalue weighted by molar-refractivity contribution is 7.14. The van der Waals surface area contributed by atoms with E-state index >= 15 is 0 Å². The lowest BCUT2D eigenvalue weighted by atomic mass is 10.2. The summed E-state index contributed by atoms with van der Waals surface area (Å²) >= 11 is 1.42. The van der Waals surface area contributed by atoms with Crippen molar-refractivity contribution >= 4 is 28.3 Å². The number of anilines is 1. The summed E-state index contributed by atoms with van der Waals surface area (Å²) in [5.74, 6) is -0.153. The molecule has 2 N–H and O–H groups in total. The van der Waals surface area contributed by atoms with E-state index in [1.54, 1.807) is 19.2 Å². The minimum Gasteiger partial charge on any atom is -0.358 e. The van der Waals surface area contributed by atoms with Gasteiger partial charge in [0.25, 0.3) is 5.91 Å². The molecule has 2 heterocycles. The number of nitrogens with one attached hydrogen (secondary N) is 2. The predicted molar refractivity (Wildman–Crippen MR) is 94.1 cm³/mol. The summed E-state index contributed by atoms with van der Waals surface area (Å²) in [4.78, 5) is 30.5. The largest absolute Gasteiger partial charge is 0.358 e. The molecule has 1 aliphatic heterocycles. The Morgan fingerprint density at radius 1 is 1.33 bits per heavy atom. The molecule has 6 nitrogen and oxygen atoms in total. The van der Waals surface area contributed by atoms with Crippen LogP contribution in [0.3, 0.4) is 0 Å². The molecule has 0 spiro atoms. The molecule has 3 rings (SSSR count). The SMILES string of the molecule is CNC(=O)CN1CCC[C@H]1c1csc(NC(=O)c2ccccc2)n1. The van der Waals surface area contributed by atoms with Crippen LogP contribution < -0.4 is 10.6 Å². The Morgan fingerprint density at radius 2 is 2.12 bits per heavy atom. The Balaban J connectivity index is 1.66. The second-order valence-electron chi connectivity index (χ2n) is 5.70. The lowest BCUT2D eigenvalue weighted by Gasteiger charge is -2.21. The van der Waals surface area contributed by atoms with Gasteiger partial charge in [0.1, 0.15) is 0 Å². The summed E-state index contributed by atoms with van der Waals surface area (Å²) in [5.41, 5.74) is 1.53. The number of hydrogen-bond donors (Lipinski definition) is 2. The number of thiazole rings is 1. The van der Waals surface area contributed by atoms with E-state index in [9.17, 15) is 9.59 Å². The highest BCUT2D eigenvalue weighted by Crippen LogP contribution is 2.33. The molecule has 1 atom stereocenters. The molecule has 2 amide bonds. The molecule has 126 valence electrons. The topological polar surface area (TPSA) is 74.3 Å². The molecule has 24 heavy (non-hydrogen) atoms. The molecular formula is C17H20N4O2S. The first-order valence-electron chi connectivity index (χ1n) is 7.94. The molecule has 7 heteroatoms. The number of likely N-dealkylation sites (tertiary alicyclic amines) is 1. The van der Waals surface area contributed by atoms with Crippen LogP contribution in [0.15, 0.2) is 35.7 Å².